The lowest BCUT2D eigenvalue weighted by atomic mass is 9.84. The minimum atomic E-state index is -4.42. The number of carboxylic acids is 1. The third kappa shape index (κ3) is 4.64. The first-order valence-corrected chi connectivity index (χ1v) is 7.94. The fraction of sp³-hybridized carbons (Fsp3) is 0.529. The van der Waals surface area contributed by atoms with E-state index in [4.69, 9.17) is 5.11 Å². The van der Waals surface area contributed by atoms with Gasteiger partial charge in [-0.15, -0.1) is 0 Å². The van der Waals surface area contributed by atoms with Crippen LogP contribution in [0, 0.1) is 5.92 Å². The minimum Gasteiger partial charge on any atom is -0.481 e. The lowest BCUT2D eigenvalue weighted by molar-refractivity contribution is -0.141. The number of carbonyl (C=O) groups is 2. The summed E-state index contributed by atoms with van der Waals surface area (Å²) in [5.74, 6) is -1.50. The van der Waals surface area contributed by atoms with Gasteiger partial charge in [0.2, 0.25) is 0 Å². The maximum absolute atomic E-state index is 12.9. The van der Waals surface area contributed by atoms with Gasteiger partial charge in [-0.05, 0) is 18.1 Å². The Balaban J connectivity index is 2.00. The van der Waals surface area contributed by atoms with E-state index < -0.39 is 35.1 Å². The lowest BCUT2D eigenvalue weighted by Gasteiger charge is -2.28. The fourth-order valence-corrected chi connectivity index (χ4v) is 2.77. The summed E-state index contributed by atoms with van der Waals surface area (Å²) in [5.41, 5.74) is -0.969. The van der Waals surface area contributed by atoms with Crippen LogP contribution in [0.15, 0.2) is 24.3 Å². The van der Waals surface area contributed by atoms with E-state index in [0.29, 0.717) is 18.5 Å². The number of amides is 2. The number of halogens is 3. The Morgan fingerprint density at radius 2 is 1.92 bits per heavy atom. The van der Waals surface area contributed by atoms with Gasteiger partial charge in [-0.25, -0.2) is 4.79 Å². The summed E-state index contributed by atoms with van der Waals surface area (Å²) in [4.78, 5) is 24.5. The molecule has 0 aliphatic carbocycles. The molecule has 1 aliphatic rings. The van der Waals surface area contributed by atoms with Crippen molar-refractivity contribution in [3.05, 3.63) is 35.4 Å². The van der Waals surface area contributed by atoms with Crippen LogP contribution in [0.2, 0.25) is 0 Å². The molecule has 8 heteroatoms. The van der Waals surface area contributed by atoms with Crippen LogP contribution in [-0.4, -0.2) is 41.6 Å². The standard InChI is InChI=1S/C17H21F3N2O3/c1-16(2,12-4-3-5-13(8-12)17(18,19)20)10-21-15(25)22-7-6-11(9-22)14(23)24/h3-5,8,11H,6-7,9-10H2,1-2H3,(H,21,25)(H,23,24). The van der Waals surface area contributed by atoms with Gasteiger partial charge in [0.15, 0.2) is 0 Å². The van der Waals surface area contributed by atoms with Crippen LogP contribution < -0.4 is 5.32 Å². The van der Waals surface area contributed by atoms with E-state index in [0.717, 1.165) is 12.1 Å². The molecule has 1 atom stereocenters. The molecule has 1 fully saturated rings. The van der Waals surface area contributed by atoms with Crippen LogP contribution in [-0.2, 0) is 16.4 Å². The van der Waals surface area contributed by atoms with Crippen molar-refractivity contribution < 1.29 is 27.9 Å². The summed E-state index contributed by atoms with van der Waals surface area (Å²) < 4.78 is 38.6. The van der Waals surface area contributed by atoms with E-state index in [1.807, 2.05) is 0 Å². The van der Waals surface area contributed by atoms with Crippen LogP contribution in [0.3, 0.4) is 0 Å². The van der Waals surface area contributed by atoms with E-state index in [1.54, 1.807) is 19.9 Å². The van der Waals surface area contributed by atoms with Gasteiger partial charge in [-0.1, -0.05) is 32.0 Å². The number of hydrogen-bond donors (Lipinski definition) is 2. The first-order chi connectivity index (χ1) is 11.5. The van der Waals surface area contributed by atoms with E-state index in [9.17, 15) is 22.8 Å². The van der Waals surface area contributed by atoms with Gasteiger partial charge in [0, 0.05) is 25.0 Å². The molecule has 0 aromatic heterocycles. The van der Waals surface area contributed by atoms with Crippen molar-refractivity contribution in [1.29, 1.82) is 0 Å². The minimum absolute atomic E-state index is 0.140. The monoisotopic (exact) mass is 358 g/mol. The summed E-state index contributed by atoms with van der Waals surface area (Å²) in [7, 11) is 0. The average molecular weight is 358 g/mol. The van der Waals surface area contributed by atoms with Gasteiger partial charge >= 0.3 is 18.2 Å². The molecular weight excluding hydrogens is 337 g/mol. The molecule has 0 saturated carbocycles. The van der Waals surface area contributed by atoms with Gasteiger partial charge in [0.25, 0.3) is 0 Å². The average Bonchev–Trinajstić information content (AvgIpc) is 3.02. The molecular formula is C17H21F3N2O3. The highest BCUT2D eigenvalue weighted by atomic mass is 19.4. The molecule has 25 heavy (non-hydrogen) atoms. The zero-order chi connectivity index (χ0) is 18.8. The second-order valence-electron chi connectivity index (χ2n) is 6.89. The molecule has 1 aliphatic heterocycles. The van der Waals surface area contributed by atoms with E-state index >= 15 is 0 Å². The number of benzene rings is 1. The molecule has 1 saturated heterocycles. The molecule has 5 nitrogen and oxygen atoms in total. The number of carboxylic acid groups (broad SMARTS) is 1. The van der Waals surface area contributed by atoms with Gasteiger partial charge in [-0.3, -0.25) is 4.79 Å². The third-order valence-corrected chi connectivity index (χ3v) is 4.48. The Kier molecular flexibility index (Phi) is 5.29. The van der Waals surface area contributed by atoms with Gasteiger partial charge in [0.05, 0.1) is 11.5 Å². The quantitative estimate of drug-likeness (QED) is 0.869. The second-order valence-corrected chi connectivity index (χ2v) is 6.89. The number of urea groups is 1. The molecule has 1 unspecified atom stereocenters. The topological polar surface area (TPSA) is 69.6 Å². The zero-order valence-corrected chi connectivity index (χ0v) is 14.1. The second kappa shape index (κ2) is 6.93. The Morgan fingerprint density at radius 1 is 1.28 bits per heavy atom. The van der Waals surface area contributed by atoms with Crippen LogP contribution in [0.5, 0.6) is 0 Å². The fourth-order valence-electron chi connectivity index (χ4n) is 2.77. The van der Waals surface area contributed by atoms with Crippen molar-refractivity contribution in [2.75, 3.05) is 19.6 Å². The lowest BCUT2D eigenvalue weighted by Crippen LogP contribution is -2.44. The highest BCUT2D eigenvalue weighted by molar-refractivity contribution is 5.77. The summed E-state index contributed by atoms with van der Waals surface area (Å²) >= 11 is 0. The van der Waals surface area contributed by atoms with Crippen LogP contribution >= 0.6 is 0 Å². The molecule has 0 bridgehead atoms. The predicted molar refractivity (Wildman–Crippen MR) is 85.2 cm³/mol. The van der Waals surface area contributed by atoms with E-state index in [1.165, 1.54) is 11.0 Å². The van der Waals surface area contributed by atoms with Gasteiger partial charge < -0.3 is 15.3 Å². The summed E-state index contributed by atoms with van der Waals surface area (Å²) in [5, 5.41) is 11.7. The van der Waals surface area contributed by atoms with Gasteiger partial charge in [0.1, 0.15) is 0 Å². The highest BCUT2D eigenvalue weighted by Crippen LogP contribution is 2.32. The van der Waals surface area contributed by atoms with Crippen molar-refractivity contribution in [2.24, 2.45) is 5.92 Å². The van der Waals surface area contributed by atoms with E-state index in [2.05, 4.69) is 5.32 Å². The number of alkyl halides is 3. The molecule has 0 spiro atoms. The highest BCUT2D eigenvalue weighted by Gasteiger charge is 2.33. The normalized spacial score (nSPS) is 18.3. The number of nitrogens with one attached hydrogen (secondary N) is 1. The molecule has 0 radical (unpaired) electrons. The molecule has 2 rings (SSSR count). The molecule has 1 aromatic rings. The summed E-state index contributed by atoms with van der Waals surface area (Å²) in [6, 6.07) is 4.64. The Labute approximate surface area is 143 Å². The van der Waals surface area contributed by atoms with Crippen LogP contribution in [0.4, 0.5) is 18.0 Å². The van der Waals surface area contributed by atoms with Crippen molar-refractivity contribution >= 4 is 12.0 Å². The zero-order valence-electron chi connectivity index (χ0n) is 14.1. The SMILES string of the molecule is CC(C)(CNC(=O)N1CCC(C(=O)O)C1)c1cccc(C(F)(F)F)c1. The smallest absolute Gasteiger partial charge is 0.416 e. The van der Waals surface area contributed by atoms with Crippen molar-refractivity contribution in [1.82, 2.24) is 10.2 Å². The van der Waals surface area contributed by atoms with Crippen molar-refractivity contribution in [3.8, 4) is 0 Å². The third-order valence-electron chi connectivity index (χ3n) is 4.48. The number of likely N-dealkylation sites (tertiary alicyclic amines) is 1. The largest absolute Gasteiger partial charge is 0.481 e. The Hall–Kier alpha value is -2.25. The summed E-state index contributed by atoms with van der Waals surface area (Å²) in [6.07, 6.45) is -4.02. The first-order valence-electron chi connectivity index (χ1n) is 7.94. The summed E-state index contributed by atoms with van der Waals surface area (Å²) in [6.45, 7) is 4.12. The maximum Gasteiger partial charge on any atom is 0.416 e. The maximum atomic E-state index is 12.9. The molecule has 1 aromatic carbocycles. The molecule has 138 valence electrons. The number of rotatable bonds is 4. The molecule has 2 amide bonds. The first kappa shape index (κ1) is 19.1. The number of carbonyl (C=O) groups excluding carboxylic acids is 1. The predicted octanol–water partition coefficient (Wildman–Crippen LogP) is 3.10. The van der Waals surface area contributed by atoms with Crippen LogP contribution in [0.1, 0.15) is 31.4 Å². The number of nitrogens with zero attached hydrogens (tertiary/aromatic N) is 1. The Bertz CT molecular complexity index is 659. The molecule has 1 heterocycles. The van der Waals surface area contributed by atoms with Gasteiger partial charge in [-0.2, -0.15) is 13.2 Å². The van der Waals surface area contributed by atoms with E-state index in [-0.39, 0.29) is 13.1 Å². The van der Waals surface area contributed by atoms with Crippen molar-refractivity contribution in [2.45, 2.75) is 31.9 Å². The van der Waals surface area contributed by atoms with Crippen LogP contribution in [0.25, 0.3) is 0 Å². The molecule has 2 N–H and O–H groups in total. The van der Waals surface area contributed by atoms with Crippen molar-refractivity contribution in [3.63, 3.8) is 0 Å². The number of aliphatic carboxylic acids is 1. The Morgan fingerprint density at radius 3 is 2.48 bits per heavy atom. The number of hydrogen-bond acceptors (Lipinski definition) is 2.